The standard InChI is InChI=1S/C23H20ClFN4O2S/c24-17-6-11-20-21(15-17)28-22(14-16-4-2-1-3-5-16)29-23(20)26-12-13-27-32(30,31)19-9-7-18(25)8-10-19/h1-11,15,27H,12-14H2,(H,26,28,29). The highest BCUT2D eigenvalue weighted by Gasteiger charge is 2.14. The molecule has 0 spiro atoms. The first-order valence-electron chi connectivity index (χ1n) is 9.90. The maximum Gasteiger partial charge on any atom is 0.240 e. The lowest BCUT2D eigenvalue weighted by molar-refractivity contribution is 0.582. The van der Waals surface area contributed by atoms with Crippen LogP contribution in [0.5, 0.6) is 0 Å². The van der Waals surface area contributed by atoms with Gasteiger partial charge in [-0.1, -0.05) is 41.9 Å². The molecule has 0 saturated heterocycles. The van der Waals surface area contributed by atoms with Crippen LogP contribution in [0.25, 0.3) is 10.9 Å². The fourth-order valence-corrected chi connectivity index (χ4v) is 4.40. The third kappa shape index (κ3) is 5.40. The van der Waals surface area contributed by atoms with E-state index in [1.165, 1.54) is 12.1 Å². The van der Waals surface area contributed by atoms with Crippen LogP contribution in [0.1, 0.15) is 11.4 Å². The lowest BCUT2D eigenvalue weighted by Crippen LogP contribution is -2.29. The van der Waals surface area contributed by atoms with E-state index in [4.69, 9.17) is 11.6 Å². The lowest BCUT2D eigenvalue weighted by Gasteiger charge is -2.12. The largest absolute Gasteiger partial charge is 0.368 e. The number of hydrogen-bond donors (Lipinski definition) is 2. The summed E-state index contributed by atoms with van der Waals surface area (Å²) in [6.07, 6.45) is 0.551. The van der Waals surface area contributed by atoms with E-state index < -0.39 is 15.8 Å². The maximum atomic E-state index is 13.0. The van der Waals surface area contributed by atoms with Gasteiger partial charge >= 0.3 is 0 Å². The number of aromatic nitrogens is 2. The maximum absolute atomic E-state index is 13.0. The molecule has 1 heterocycles. The first kappa shape index (κ1) is 22.1. The number of anilines is 1. The fourth-order valence-electron chi connectivity index (χ4n) is 3.21. The average Bonchev–Trinajstić information content (AvgIpc) is 2.77. The summed E-state index contributed by atoms with van der Waals surface area (Å²) >= 11 is 6.15. The van der Waals surface area contributed by atoms with Crippen molar-refractivity contribution in [3.05, 3.63) is 95.0 Å². The molecular formula is C23H20ClFN4O2S. The molecule has 9 heteroatoms. The van der Waals surface area contributed by atoms with Gasteiger partial charge in [-0.2, -0.15) is 0 Å². The van der Waals surface area contributed by atoms with Crippen LogP contribution in [0.4, 0.5) is 10.2 Å². The van der Waals surface area contributed by atoms with E-state index in [1.54, 1.807) is 12.1 Å². The lowest BCUT2D eigenvalue weighted by atomic mass is 10.1. The molecule has 4 rings (SSSR count). The van der Waals surface area contributed by atoms with Crippen LogP contribution in [0.2, 0.25) is 5.02 Å². The van der Waals surface area contributed by atoms with Gasteiger partial charge in [0.1, 0.15) is 17.5 Å². The molecule has 0 bridgehead atoms. The molecule has 4 aromatic rings. The van der Waals surface area contributed by atoms with Gasteiger partial charge in [-0.3, -0.25) is 0 Å². The average molecular weight is 471 g/mol. The highest BCUT2D eigenvalue weighted by atomic mass is 35.5. The molecule has 0 atom stereocenters. The number of nitrogens with one attached hydrogen (secondary N) is 2. The van der Waals surface area contributed by atoms with Crippen molar-refractivity contribution >= 4 is 38.3 Å². The summed E-state index contributed by atoms with van der Waals surface area (Å²) in [4.78, 5) is 9.28. The second-order valence-corrected chi connectivity index (χ2v) is 9.29. The third-order valence-electron chi connectivity index (χ3n) is 4.74. The first-order chi connectivity index (χ1) is 15.4. The van der Waals surface area contributed by atoms with E-state index in [9.17, 15) is 12.8 Å². The van der Waals surface area contributed by atoms with Crippen LogP contribution >= 0.6 is 11.6 Å². The number of halogens is 2. The zero-order valence-electron chi connectivity index (χ0n) is 16.9. The van der Waals surface area contributed by atoms with Gasteiger partial charge in [-0.25, -0.2) is 27.5 Å². The monoisotopic (exact) mass is 470 g/mol. The summed E-state index contributed by atoms with van der Waals surface area (Å²) in [7, 11) is -3.74. The minimum atomic E-state index is -3.74. The Morgan fingerprint density at radius 3 is 2.41 bits per heavy atom. The molecular weight excluding hydrogens is 451 g/mol. The second kappa shape index (κ2) is 9.60. The Kier molecular flexibility index (Phi) is 6.64. The van der Waals surface area contributed by atoms with Crippen LogP contribution < -0.4 is 10.0 Å². The van der Waals surface area contributed by atoms with Crippen LogP contribution in [-0.4, -0.2) is 31.5 Å². The molecule has 0 aliphatic carbocycles. The summed E-state index contributed by atoms with van der Waals surface area (Å²) in [5, 5.41) is 4.54. The predicted octanol–water partition coefficient (Wildman–Crippen LogP) is 4.40. The van der Waals surface area contributed by atoms with E-state index in [2.05, 4.69) is 20.0 Å². The van der Waals surface area contributed by atoms with Crippen molar-refractivity contribution in [1.29, 1.82) is 0 Å². The van der Waals surface area contributed by atoms with Crippen molar-refractivity contribution in [3.8, 4) is 0 Å². The molecule has 164 valence electrons. The van der Waals surface area contributed by atoms with Crippen molar-refractivity contribution in [2.24, 2.45) is 0 Å². The highest BCUT2D eigenvalue weighted by molar-refractivity contribution is 7.89. The molecule has 3 aromatic carbocycles. The minimum Gasteiger partial charge on any atom is -0.368 e. The molecule has 32 heavy (non-hydrogen) atoms. The zero-order valence-corrected chi connectivity index (χ0v) is 18.5. The molecule has 0 radical (unpaired) electrons. The Morgan fingerprint density at radius 2 is 1.66 bits per heavy atom. The molecule has 0 aliphatic heterocycles. The van der Waals surface area contributed by atoms with Gasteiger partial charge in [-0.15, -0.1) is 0 Å². The van der Waals surface area contributed by atoms with Crippen molar-refractivity contribution in [2.45, 2.75) is 11.3 Å². The van der Waals surface area contributed by atoms with Gasteiger partial charge in [0.2, 0.25) is 10.0 Å². The number of benzene rings is 3. The number of sulfonamides is 1. The van der Waals surface area contributed by atoms with E-state index in [0.29, 0.717) is 35.1 Å². The Balaban J connectivity index is 1.49. The van der Waals surface area contributed by atoms with E-state index >= 15 is 0 Å². The molecule has 0 amide bonds. The van der Waals surface area contributed by atoms with Crippen molar-refractivity contribution in [3.63, 3.8) is 0 Å². The topological polar surface area (TPSA) is 84.0 Å². The molecule has 1 aromatic heterocycles. The quantitative estimate of drug-likeness (QED) is 0.373. The molecule has 0 saturated carbocycles. The number of fused-ring (bicyclic) bond motifs is 1. The normalized spacial score (nSPS) is 11.6. The molecule has 0 unspecified atom stereocenters. The van der Waals surface area contributed by atoms with Crippen LogP contribution in [0, 0.1) is 5.82 Å². The van der Waals surface area contributed by atoms with Crippen molar-refractivity contribution in [2.75, 3.05) is 18.4 Å². The molecule has 6 nitrogen and oxygen atoms in total. The minimum absolute atomic E-state index is 0.00572. The summed E-state index contributed by atoms with van der Waals surface area (Å²) in [6, 6.07) is 19.9. The van der Waals surface area contributed by atoms with Gasteiger partial charge in [0, 0.05) is 29.9 Å². The Morgan fingerprint density at radius 1 is 0.906 bits per heavy atom. The molecule has 2 N–H and O–H groups in total. The van der Waals surface area contributed by atoms with Gasteiger partial charge in [0.15, 0.2) is 0 Å². The number of rotatable bonds is 8. The number of hydrogen-bond acceptors (Lipinski definition) is 5. The highest BCUT2D eigenvalue weighted by Crippen LogP contribution is 2.24. The summed E-state index contributed by atoms with van der Waals surface area (Å²) < 4.78 is 40.3. The van der Waals surface area contributed by atoms with Gasteiger partial charge in [0.25, 0.3) is 0 Å². The predicted molar refractivity (Wildman–Crippen MR) is 124 cm³/mol. The second-order valence-electron chi connectivity index (χ2n) is 7.09. The summed E-state index contributed by atoms with van der Waals surface area (Å²) in [5.74, 6) is 0.728. The van der Waals surface area contributed by atoms with E-state index in [0.717, 1.165) is 23.1 Å². The summed E-state index contributed by atoms with van der Waals surface area (Å²) in [5.41, 5.74) is 1.78. The van der Waals surface area contributed by atoms with Crippen LogP contribution in [-0.2, 0) is 16.4 Å². The Bertz CT molecular complexity index is 1330. The summed E-state index contributed by atoms with van der Waals surface area (Å²) in [6.45, 7) is 0.409. The van der Waals surface area contributed by atoms with Crippen LogP contribution in [0.3, 0.4) is 0 Å². The fraction of sp³-hybridized carbons (Fsp3) is 0.130. The zero-order chi connectivity index (χ0) is 22.6. The molecule has 0 fully saturated rings. The van der Waals surface area contributed by atoms with Gasteiger partial charge in [-0.05, 0) is 48.0 Å². The van der Waals surface area contributed by atoms with Crippen molar-refractivity contribution < 1.29 is 12.8 Å². The van der Waals surface area contributed by atoms with Gasteiger partial charge < -0.3 is 5.32 Å². The van der Waals surface area contributed by atoms with Gasteiger partial charge in [0.05, 0.1) is 10.4 Å². The van der Waals surface area contributed by atoms with E-state index in [1.807, 2.05) is 36.4 Å². The third-order valence-corrected chi connectivity index (χ3v) is 6.46. The van der Waals surface area contributed by atoms with E-state index in [-0.39, 0.29) is 11.4 Å². The Labute approximate surface area is 190 Å². The first-order valence-corrected chi connectivity index (χ1v) is 11.8. The number of nitrogens with zero attached hydrogens (tertiary/aromatic N) is 2. The smallest absolute Gasteiger partial charge is 0.240 e. The molecule has 0 aliphatic rings. The van der Waals surface area contributed by atoms with Crippen LogP contribution in [0.15, 0.2) is 77.7 Å². The van der Waals surface area contributed by atoms with Crippen molar-refractivity contribution in [1.82, 2.24) is 14.7 Å². The SMILES string of the molecule is O=S(=O)(NCCNc1nc(Cc2ccccc2)nc2cc(Cl)ccc12)c1ccc(F)cc1. The Hall–Kier alpha value is -3.07.